The van der Waals surface area contributed by atoms with Crippen LogP contribution >= 0.6 is 15.9 Å². The SMILES string of the molecule is CC(C)(C)N1CCN(c2ccc(S(C)(=O)=O)c(Br)n2)C1=O. The van der Waals surface area contributed by atoms with Gasteiger partial charge in [0.2, 0.25) is 0 Å². The molecule has 8 heteroatoms. The molecule has 1 fully saturated rings. The number of urea groups is 1. The van der Waals surface area contributed by atoms with Crippen molar-refractivity contribution in [2.75, 3.05) is 24.2 Å². The van der Waals surface area contributed by atoms with E-state index < -0.39 is 9.84 Å². The molecule has 0 atom stereocenters. The van der Waals surface area contributed by atoms with Gasteiger partial charge in [-0.3, -0.25) is 4.90 Å². The van der Waals surface area contributed by atoms with Crippen molar-refractivity contribution in [2.45, 2.75) is 31.2 Å². The number of halogens is 1. The Morgan fingerprint density at radius 3 is 2.29 bits per heavy atom. The molecule has 116 valence electrons. The maximum Gasteiger partial charge on any atom is 0.326 e. The van der Waals surface area contributed by atoms with Crippen LogP contribution < -0.4 is 4.90 Å². The van der Waals surface area contributed by atoms with Crippen LogP contribution in [0.5, 0.6) is 0 Å². The maximum atomic E-state index is 12.4. The highest BCUT2D eigenvalue weighted by atomic mass is 79.9. The molecule has 2 heterocycles. The Hall–Kier alpha value is -1.15. The number of hydrogen-bond acceptors (Lipinski definition) is 4. The Labute approximate surface area is 133 Å². The first-order chi connectivity index (χ1) is 9.51. The third-order valence-corrected chi connectivity index (χ3v) is 5.29. The number of rotatable bonds is 2. The van der Waals surface area contributed by atoms with Crippen molar-refractivity contribution in [3.63, 3.8) is 0 Å². The van der Waals surface area contributed by atoms with E-state index in [-0.39, 0.29) is 21.1 Å². The lowest BCUT2D eigenvalue weighted by Crippen LogP contribution is -2.44. The smallest absolute Gasteiger partial charge is 0.318 e. The highest BCUT2D eigenvalue weighted by Crippen LogP contribution is 2.28. The lowest BCUT2D eigenvalue weighted by molar-refractivity contribution is 0.173. The minimum absolute atomic E-state index is 0.116. The number of sulfone groups is 1. The molecule has 2 rings (SSSR count). The Morgan fingerprint density at radius 2 is 1.86 bits per heavy atom. The molecule has 21 heavy (non-hydrogen) atoms. The Balaban J connectivity index is 2.33. The van der Waals surface area contributed by atoms with Crippen molar-refractivity contribution in [2.24, 2.45) is 0 Å². The second-order valence-electron chi connectivity index (χ2n) is 5.99. The van der Waals surface area contributed by atoms with Crippen LogP contribution in [0, 0.1) is 0 Å². The zero-order valence-corrected chi connectivity index (χ0v) is 14.8. The topological polar surface area (TPSA) is 70.6 Å². The molecule has 0 spiro atoms. The van der Waals surface area contributed by atoms with Crippen LogP contribution in [0.1, 0.15) is 20.8 Å². The van der Waals surface area contributed by atoms with Crippen molar-refractivity contribution in [3.8, 4) is 0 Å². The first kappa shape index (κ1) is 16.2. The van der Waals surface area contributed by atoms with Crippen molar-refractivity contribution < 1.29 is 13.2 Å². The standard InChI is InChI=1S/C13H18BrN3O3S/c1-13(2,3)17-8-7-16(12(17)18)10-6-5-9(11(14)15-10)21(4,19)20/h5-6H,7-8H2,1-4H3. The van der Waals surface area contributed by atoms with Gasteiger partial charge in [0.1, 0.15) is 10.4 Å². The van der Waals surface area contributed by atoms with E-state index in [2.05, 4.69) is 20.9 Å². The predicted molar refractivity (Wildman–Crippen MR) is 84.2 cm³/mol. The molecule has 1 aromatic rings. The Kier molecular flexibility index (Phi) is 4.05. The van der Waals surface area contributed by atoms with Crippen LogP contribution in [0.15, 0.2) is 21.6 Å². The molecule has 0 N–H and O–H groups in total. The second-order valence-corrected chi connectivity index (χ2v) is 8.72. The maximum absolute atomic E-state index is 12.4. The van der Waals surface area contributed by atoms with Crippen LogP contribution in [0.3, 0.4) is 0 Å². The van der Waals surface area contributed by atoms with Crippen molar-refractivity contribution in [1.29, 1.82) is 0 Å². The van der Waals surface area contributed by atoms with Gasteiger partial charge in [-0.2, -0.15) is 0 Å². The van der Waals surface area contributed by atoms with E-state index in [1.165, 1.54) is 6.07 Å². The van der Waals surface area contributed by atoms with Gasteiger partial charge in [-0.1, -0.05) is 0 Å². The average Bonchev–Trinajstić information content (AvgIpc) is 2.68. The summed E-state index contributed by atoms with van der Waals surface area (Å²) < 4.78 is 23.4. The molecule has 0 radical (unpaired) electrons. The molecule has 1 saturated heterocycles. The van der Waals surface area contributed by atoms with Gasteiger partial charge in [0.25, 0.3) is 0 Å². The van der Waals surface area contributed by atoms with E-state index >= 15 is 0 Å². The van der Waals surface area contributed by atoms with Gasteiger partial charge in [-0.05, 0) is 48.8 Å². The molecule has 0 aromatic carbocycles. The van der Waals surface area contributed by atoms with E-state index in [9.17, 15) is 13.2 Å². The van der Waals surface area contributed by atoms with Crippen LogP contribution in [-0.4, -0.2) is 49.2 Å². The van der Waals surface area contributed by atoms with E-state index in [0.29, 0.717) is 18.9 Å². The number of pyridine rings is 1. The third kappa shape index (κ3) is 3.21. The van der Waals surface area contributed by atoms with Crippen molar-refractivity contribution >= 4 is 37.6 Å². The predicted octanol–water partition coefficient (Wildman–Crippen LogP) is 2.29. The summed E-state index contributed by atoms with van der Waals surface area (Å²) >= 11 is 3.16. The monoisotopic (exact) mass is 375 g/mol. The number of nitrogens with zero attached hydrogens (tertiary/aromatic N) is 3. The first-order valence-corrected chi connectivity index (χ1v) is 9.16. The zero-order chi connectivity index (χ0) is 16.0. The lowest BCUT2D eigenvalue weighted by atomic mass is 10.1. The summed E-state index contributed by atoms with van der Waals surface area (Å²) in [6.45, 7) is 7.09. The fourth-order valence-electron chi connectivity index (χ4n) is 2.21. The van der Waals surface area contributed by atoms with E-state index in [1.54, 1.807) is 15.9 Å². The van der Waals surface area contributed by atoms with Crippen molar-refractivity contribution in [1.82, 2.24) is 9.88 Å². The molecule has 1 aliphatic rings. The van der Waals surface area contributed by atoms with Gasteiger partial charge < -0.3 is 4.90 Å². The molecule has 0 bridgehead atoms. The fraction of sp³-hybridized carbons (Fsp3) is 0.538. The van der Waals surface area contributed by atoms with Crippen LogP contribution in [0.4, 0.5) is 10.6 Å². The summed E-state index contributed by atoms with van der Waals surface area (Å²) in [4.78, 5) is 20.1. The molecule has 2 amide bonds. The number of aromatic nitrogens is 1. The molecule has 0 aliphatic carbocycles. The average molecular weight is 376 g/mol. The fourth-order valence-corrected chi connectivity index (χ4v) is 4.07. The summed E-state index contributed by atoms with van der Waals surface area (Å²) in [6, 6.07) is 2.91. The van der Waals surface area contributed by atoms with Gasteiger partial charge in [-0.15, -0.1) is 0 Å². The minimum atomic E-state index is -3.34. The van der Waals surface area contributed by atoms with Gasteiger partial charge >= 0.3 is 6.03 Å². The Bertz CT molecular complexity index is 682. The van der Waals surface area contributed by atoms with E-state index in [4.69, 9.17) is 0 Å². The highest BCUT2D eigenvalue weighted by molar-refractivity contribution is 9.10. The molecule has 0 unspecified atom stereocenters. The normalized spacial score (nSPS) is 16.7. The largest absolute Gasteiger partial charge is 0.326 e. The van der Waals surface area contributed by atoms with Crippen molar-refractivity contribution in [3.05, 3.63) is 16.7 Å². The van der Waals surface area contributed by atoms with Gasteiger partial charge in [0, 0.05) is 24.9 Å². The summed E-state index contributed by atoms with van der Waals surface area (Å²) in [5.74, 6) is 0.450. The number of amides is 2. The quantitative estimate of drug-likeness (QED) is 0.743. The van der Waals surface area contributed by atoms with Crippen LogP contribution in [0.2, 0.25) is 0 Å². The van der Waals surface area contributed by atoms with E-state index in [1.807, 2.05) is 20.8 Å². The first-order valence-electron chi connectivity index (χ1n) is 6.47. The van der Waals surface area contributed by atoms with Gasteiger partial charge in [0.05, 0.1) is 4.90 Å². The molecule has 1 aliphatic heterocycles. The summed E-state index contributed by atoms with van der Waals surface area (Å²) in [7, 11) is -3.34. The molecule has 0 saturated carbocycles. The number of carbonyl (C=O) groups is 1. The Morgan fingerprint density at radius 1 is 1.24 bits per heavy atom. The lowest BCUT2D eigenvalue weighted by Gasteiger charge is -2.31. The summed E-state index contributed by atoms with van der Waals surface area (Å²) in [5, 5.41) is 0. The van der Waals surface area contributed by atoms with Crippen LogP contribution in [-0.2, 0) is 9.84 Å². The number of anilines is 1. The molecular weight excluding hydrogens is 358 g/mol. The van der Waals surface area contributed by atoms with E-state index in [0.717, 1.165) is 6.26 Å². The van der Waals surface area contributed by atoms with Gasteiger partial charge in [-0.25, -0.2) is 18.2 Å². The third-order valence-electron chi connectivity index (χ3n) is 3.29. The number of hydrogen-bond donors (Lipinski definition) is 0. The molecule has 1 aromatic heterocycles. The number of carbonyl (C=O) groups excluding carboxylic acids is 1. The van der Waals surface area contributed by atoms with Gasteiger partial charge in [0.15, 0.2) is 9.84 Å². The zero-order valence-electron chi connectivity index (χ0n) is 12.4. The van der Waals surface area contributed by atoms with Crippen LogP contribution in [0.25, 0.3) is 0 Å². The summed E-state index contributed by atoms with van der Waals surface area (Å²) in [6.07, 6.45) is 1.12. The second kappa shape index (κ2) is 5.24. The highest BCUT2D eigenvalue weighted by Gasteiger charge is 2.37. The summed E-state index contributed by atoms with van der Waals surface area (Å²) in [5.41, 5.74) is -0.254. The molecule has 6 nitrogen and oxygen atoms in total. The molecular formula is C13H18BrN3O3S. The minimum Gasteiger partial charge on any atom is -0.318 e.